The second kappa shape index (κ2) is 6.92. The van der Waals surface area contributed by atoms with Gasteiger partial charge in [0, 0.05) is 18.4 Å². The maximum Gasteiger partial charge on any atom is 0.305 e. The van der Waals surface area contributed by atoms with Crippen molar-refractivity contribution in [3.8, 4) is 5.75 Å². The summed E-state index contributed by atoms with van der Waals surface area (Å²) in [6.07, 6.45) is 0.609. The van der Waals surface area contributed by atoms with Crippen molar-refractivity contribution in [1.82, 2.24) is 0 Å². The van der Waals surface area contributed by atoms with Gasteiger partial charge in [-0.25, -0.2) is 0 Å². The molecular weight excluding hydrogens is 244 g/mol. The highest BCUT2D eigenvalue weighted by Crippen LogP contribution is 2.25. The molecule has 0 aliphatic carbocycles. The zero-order valence-corrected chi connectivity index (χ0v) is 11.9. The van der Waals surface area contributed by atoms with Crippen LogP contribution in [0.1, 0.15) is 29.5 Å². The topological polar surface area (TPSA) is 52.6 Å². The highest BCUT2D eigenvalue weighted by molar-refractivity contribution is 5.85. The van der Waals surface area contributed by atoms with Gasteiger partial charge in [0.1, 0.15) is 11.5 Å². The molecule has 0 amide bonds. The standard InChI is InChI=1S/C15H20O4/c1-10-7-11(2)13(14(8-10)18-3)9-12(16)5-6-15(17)19-4/h7-8H,5-6,9H2,1-4H3. The van der Waals surface area contributed by atoms with Crippen molar-refractivity contribution in [1.29, 1.82) is 0 Å². The van der Waals surface area contributed by atoms with Gasteiger partial charge < -0.3 is 9.47 Å². The number of hydrogen-bond donors (Lipinski definition) is 0. The molecule has 1 rings (SSSR count). The molecule has 0 spiro atoms. The summed E-state index contributed by atoms with van der Waals surface area (Å²) < 4.78 is 9.83. The number of methoxy groups -OCH3 is 2. The summed E-state index contributed by atoms with van der Waals surface area (Å²) in [5, 5.41) is 0. The summed E-state index contributed by atoms with van der Waals surface area (Å²) in [5.74, 6) is 0.375. The molecule has 4 heteroatoms. The van der Waals surface area contributed by atoms with Crippen LogP contribution in [0.3, 0.4) is 0 Å². The first-order valence-electron chi connectivity index (χ1n) is 6.20. The molecule has 0 radical (unpaired) electrons. The molecule has 4 nitrogen and oxygen atoms in total. The van der Waals surface area contributed by atoms with Gasteiger partial charge in [-0.3, -0.25) is 9.59 Å². The summed E-state index contributed by atoms with van der Waals surface area (Å²) >= 11 is 0. The van der Waals surface area contributed by atoms with Crippen molar-refractivity contribution in [3.05, 3.63) is 28.8 Å². The second-order valence-corrected chi connectivity index (χ2v) is 4.55. The van der Waals surface area contributed by atoms with Gasteiger partial charge in [-0.2, -0.15) is 0 Å². The SMILES string of the molecule is COC(=O)CCC(=O)Cc1c(C)cc(C)cc1OC. The Kier molecular flexibility index (Phi) is 5.55. The Morgan fingerprint density at radius 3 is 2.37 bits per heavy atom. The highest BCUT2D eigenvalue weighted by Gasteiger charge is 2.13. The van der Waals surface area contributed by atoms with Crippen molar-refractivity contribution in [2.45, 2.75) is 33.1 Å². The van der Waals surface area contributed by atoms with E-state index in [9.17, 15) is 9.59 Å². The predicted molar refractivity (Wildman–Crippen MR) is 72.4 cm³/mol. The number of Topliss-reactive ketones (excluding diaryl/α,β-unsaturated/α-hetero) is 1. The molecule has 0 heterocycles. The number of ether oxygens (including phenoxy) is 2. The van der Waals surface area contributed by atoms with Gasteiger partial charge in [-0.1, -0.05) is 6.07 Å². The van der Waals surface area contributed by atoms with Crippen LogP contribution < -0.4 is 4.74 Å². The molecule has 104 valence electrons. The minimum absolute atomic E-state index is 0.00986. The van der Waals surface area contributed by atoms with Gasteiger partial charge in [0.15, 0.2) is 0 Å². The van der Waals surface area contributed by atoms with E-state index < -0.39 is 0 Å². The van der Waals surface area contributed by atoms with E-state index in [0.717, 1.165) is 22.4 Å². The average Bonchev–Trinajstić information content (AvgIpc) is 2.38. The Morgan fingerprint density at radius 2 is 1.79 bits per heavy atom. The minimum Gasteiger partial charge on any atom is -0.496 e. The van der Waals surface area contributed by atoms with Gasteiger partial charge in [-0.15, -0.1) is 0 Å². The summed E-state index contributed by atoms with van der Waals surface area (Å²) in [6, 6.07) is 3.93. The van der Waals surface area contributed by atoms with Crippen molar-refractivity contribution >= 4 is 11.8 Å². The number of hydrogen-bond acceptors (Lipinski definition) is 4. The Bertz CT molecular complexity index is 477. The van der Waals surface area contributed by atoms with Crippen LogP contribution in [0.4, 0.5) is 0 Å². The maximum atomic E-state index is 11.9. The lowest BCUT2D eigenvalue weighted by Crippen LogP contribution is -2.09. The number of benzene rings is 1. The van der Waals surface area contributed by atoms with Crippen LogP contribution in [0.2, 0.25) is 0 Å². The third-order valence-corrected chi connectivity index (χ3v) is 3.01. The highest BCUT2D eigenvalue weighted by atomic mass is 16.5. The van der Waals surface area contributed by atoms with E-state index in [0.29, 0.717) is 0 Å². The molecule has 19 heavy (non-hydrogen) atoms. The van der Waals surface area contributed by atoms with Gasteiger partial charge in [0.25, 0.3) is 0 Å². The Labute approximate surface area is 113 Å². The number of ketones is 1. The van der Waals surface area contributed by atoms with Crippen molar-refractivity contribution < 1.29 is 19.1 Å². The third kappa shape index (κ3) is 4.39. The number of carbonyl (C=O) groups excluding carboxylic acids is 2. The largest absolute Gasteiger partial charge is 0.496 e. The lowest BCUT2D eigenvalue weighted by Gasteiger charge is -2.12. The Morgan fingerprint density at radius 1 is 1.11 bits per heavy atom. The Balaban J connectivity index is 2.76. The summed E-state index contributed by atoms with van der Waals surface area (Å²) in [5.41, 5.74) is 3.02. The average molecular weight is 264 g/mol. The van der Waals surface area contributed by atoms with Crippen molar-refractivity contribution in [2.75, 3.05) is 14.2 Å². The van der Waals surface area contributed by atoms with Crippen molar-refractivity contribution in [2.24, 2.45) is 0 Å². The van der Waals surface area contributed by atoms with Gasteiger partial charge in [0.05, 0.1) is 20.6 Å². The van der Waals surface area contributed by atoms with Crippen LogP contribution in [-0.2, 0) is 20.7 Å². The molecule has 0 N–H and O–H groups in total. The van der Waals surface area contributed by atoms with Gasteiger partial charge in [-0.05, 0) is 31.0 Å². The van der Waals surface area contributed by atoms with E-state index >= 15 is 0 Å². The first-order chi connectivity index (χ1) is 8.97. The number of aryl methyl sites for hydroxylation is 2. The second-order valence-electron chi connectivity index (χ2n) is 4.55. The van der Waals surface area contributed by atoms with Crippen LogP contribution in [0.15, 0.2) is 12.1 Å². The monoisotopic (exact) mass is 264 g/mol. The molecule has 0 unspecified atom stereocenters. The van der Waals surface area contributed by atoms with Gasteiger partial charge >= 0.3 is 5.97 Å². The number of esters is 1. The molecule has 0 bridgehead atoms. The molecule has 1 aromatic rings. The number of carbonyl (C=O) groups is 2. The maximum absolute atomic E-state index is 11.9. The molecule has 0 fully saturated rings. The zero-order valence-electron chi connectivity index (χ0n) is 11.9. The van der Waals surface area contributed by atoms with E-state index in [-0.39, 0.29) is 31.0 Å². The van der Waals surface area contributed by atoms with E-state index in [1.54, 1.807) is 7.11 Å². The fraction of sp³-hybridized carbons (Fsp3) is 0.467. The molecule has 0 atom stereocenters. The van der Waals surface area contributed by atoms with Crippen LogP contribution >= 0.6 is 0 Å². The molecule has 0 saturated carbocycles. The normalized spacial score (nSPS) is 10.1. The van der Waals surface area contributed by atoms with Crippen LogP contribution in [0, 0.1) is 13.8 Å². The molecule has 0 aromatic heterocycles. The quantitative estimate of drug-likeness (QED) is 0.740. The van der Waals surface area contributed by atoms with E-state index in [4.69, 9.17) is 4.74 Å². The fourth-order valence-corrected chi connectivity index (χ4v) is 2.00. The lowest BCUT2D eigenvalue weighted by molar-refractivity contribution is -0.141. The Hall–Kier alpha value is -1.84. The summed E-state index contributed by atoms with van der Waals surface area (Å²) in [7, 11) is 2.91. The molecule has 0 aliphatic heterocycles. The van der Waals surface area contributed by atoms with Crippen LogP contribution in [0.5, 0.6) is 5.75 Å². The first kappa shape index (κ1) is 15.2. The predicted octanol–water partition coefficient (Wildman–Crippen LogP) is 2.38. The van der Waals surface area contributed by atoms with Crippen LogP contribution in [0.25, 0.3) is 0 Å². The third-order valence-electron chi connectivity index (χ3n) is 3.01. The summed E-state index contributed by atoms with van der Waals surface area (Å²) in [4.78, 5) is 22.9. The van der Waals surface area contributed by atoms with E-state index in [2.05, 4.69) is 4.74 Å². The van der Waals surface area contributed by atoms with E-state index in [1.807, 2.05) is 26.0 Å². The number of rotatable bonds is 6. The summed E-state index contributed by atoms with van der Waals surface area (Å²) in [6.45, 7) is 3.94. The van der Waals surface area contributed by atoms with Gasteiger partial charge in [0.2, 0.25) is 0 Å². The first-order valence-corrected chi connectivity index (χ1v) is 6.20. The molecule has 1 aromatic carbocycles. The van der Waals surface area contributed by atoms with Crippen molar-refractivity contribution in [3.63, 3.8) is 0 Å². The molecular formula is C15H20O4. The molecule has 0 aliphatic rings. The minimum atomic E-state index is -0.360. The molecule has 0 saturated heterocycles. The fourth-order valence-electron chi connectivity index (χ4n) is 2.00. The van der Waals surface area contributed by atoms with Crippen LogP contribution in [-0.4, -0.2) is 26.0 Å². The smallest absolute Gasteiger partial charge is 0.305 e. The van der Waals surface area contributed by atoms with E-state index in [1.165, 1.54) is 7.11 Å². The zero-order chi connectivity index (χ0) is 14.4. The lowest BCUT2D eigenvalue weighted by atomic mass is 9.98.